The minimum Gasteiger partial charge on any atom is -0.368 e. The largest absolute Gasteiger partial charge is 0.368 e. The van der Waals surface area contributed by atoms with Crippen LogP contribution in [0, 0.1) is 0 Å². The Hall–Kier alpha value is -1.57. The summed E-state index contributed by atoms with van der Waals surface area (Å²) in [4.78, 5) is 4.78. The molecule has 0 saturated heterocycles. The molecule has 2 heterocycles. The van der Waals surface area contributed by atoms with Crippen LogP contribution in [0.4, 0.5) is 0 Å². The number of halogens is 1. The Morgan fingerprint density at radius 1 is 1.15 bits per heavy atom. The van der Waals surface area contributed by atoms with E-state index in [1.807, 2.05) is 30.3 Å². The molecule has 140 valence electrons. The van der Waals surface area contributed by atoms with E-state index in [1.54, 1.807) is 23.1 Å². The zero-order valence-corrected chi connectivity index (χ0v) is 16.9. The highest BCUT2D eigenvalue weighted by atomic mass is 35.5. The van der Waals surface area contributed by atoms with E-state index < -0.39 is 6.29 Å². The Morgan fingerprint density at radius 2 is 2.00 bits per heavy atom. The number of aliphatic hydroxyl groups excluding tert-OH is 1. The number of hydrogen-bond acceptors (Lipinski definition) is 5. The lowest BCUT2D eigenvalue weighted by molar-refractivity contribution is -0.0451. The maximum absolute atomic E-state index is 9.03. The van der Waals surface area contributed by atoms with E-state index in [4.69, 9.17) is 26.8 Å². The van der Waals surface area contributed by atoms with Crippen molar-refractivity contribution in [1.29, 1.82) is 0 Å². The molecular formula is C20H19ClN2O2S2. The standard InChI is InChI=1S/C20H19ClN2O2S2/c21-14-5-3-8-17-19(14)13(12-27-17)11-23-16-7-2-1-6-15(16)22-20(23)26-10-4-9-18(24)25/h1-3,5-8,12,18,24-25H,4,9-11H2. The highest BCUT2D eigenvalue weighted by Crippen LogP contribution is 2.34. The molecule has 0 bridgehead atoms. The second-order valence-electron chi connectivity index (χ2n) is 6.31. The van der Waals surface area contributed by atoms with E-state index in [0.717, 1.165) is 38.8 Å². The van der Waals surface area contributed by atoms with Crippen LogP contribution in [0.1, 0.15) is 18.4 Å². The van der Waals surface area contributed by atoms with Gasteiger partial charge in [-0.25, -0.2) is 4.98 Å². The molecule has 0 aliphatic carbocycles. The molecule has 0 saturated carbocycles. The summed E-state index contributed by atoms with van der Waals surface area (Å²) < 4.78 is 3.41. The van der Waals surface area contributed by atoms with Crippen molar-refractivity contribution < 1.29 is 10.2 Å². The molecule has 0 radical (unpaired) electrons. The average Bonchev–Trinajstić information content (AvgIpc) is 3.22. The van der Waals surface area contributed by atoms with Gasteiger partial charge in [-0.2, -0.15) is 0 Å². The van der Waals surface area contributed by atoms with Crippen LogP contribution in [0.3, 0.4) is 0 Å². The maximum Gasteiger partial charge on any atom is 0.169 e. The van der Waals surface area contributed by atoms with Gasteiger partial charge >= 0.3 is 0 Å². The maximum atomic E-state index is 9.03. The minimum atomic E-state index is -1.25. The van der Waals surface area contributed by atoms with Crippen molar-refractivity contribution in [3.05, 3.63) is 58.4 Å². The fourth-order valence-electron chi connectivity index (χ4n) is 3.14. The third kappa shape index (κ3) is 4.00. The Bertz CT molecular complexity index is 1070. The molecule has 0 fully saturated rings. The summed E-state index contributed by atoms with van der Waals surface area (Å²) >= 11 is 9.81. The van der Waals surface area contributed by atoms with Crippen LogP contribution in [-0.4, -0.2) is 31.8 Å². The Kier molecular flexibility index (Phi) is 5.71. The van der Waals surface area contributed by atoms with Crippen LogP contribution < -0.4 is 0 Å². The van der Waals surface area contributed by atoms with E-state index in [1.165, 1.54) is 10.3 Å². The van der Waals surface area contributed by atoms with Crippen molar-refractivity contribution in [3.63, 3.8) is 0 Å². The van der Waals surface area contributed by atoms with Crippen LogP contribution in [0.25, 0.3) is 21.1 Å². The lowest BCUT2D eigenvalue weighted by atomic mass is 10.2. The molecule has 0 aliphatic rings. The van der Waals surface area contributed by atoms with Gasteiger partial charge in [0.05, 0.1) is 17.6 Å². The molecular weight excluding hydrogens is 400 g/mol. The second kappa shape index (κ2) is 8.20. The average molecular weight is 419 g/mol. The number of hydrogen-bond donors (Lipinski definition) is 2. The summed E-state index contributed by atoms with van der Waals surface area (Å²) in [5, 5.41) is 23.1. The zero-order chi connectivity index (χ0) is 18.8. The molecule has 0 atom stereocenters. The molecule has 4 rings (SSSR count). The smallest absolute Gasteiger partial charge is 0.169 e. The molecule has 4 nitrogen and oxygen atoms in total. The molecule has 0 unspecified atom stereocenters. The van der Waals surface area contributed by atoms with Crippen molar-refractivity contribution in [2.24, 2.45) is 0 Å². The van der Waals surface area contributed by atoms with Crippen LogP contribution in [0.15, 0.2) is 53.0 Å². The molecule has 0 spiro atoms. The number of para-hydroxylation sites is 2. The van der Waals surface area contributed by atoms with Gasteiger partial charge in [-0.1, -0.05) is 41.6 Å². The number of benzene rings is 2. The third-order valence-corrected chi connectivity index (χ3v) is 6.78. The zero-order valence-electron chi connectivity index (χ0n) is 14.5. The highest BCUT2D eigenvalue weighted by molar-refractivity contribution is 7.99. The Labute approximate surface area is 170 Å². The quantitative estimate of drug-likeness (QED) is 0.248. The van der Waals surface area contributed by atoms with E-state index in [0.29, 0.717) is 13.0 Å². The number of nitrogens with zero attached hydrogens (tertiary/aromatic N) is 2. The van der Waals surface area contributed by atoms with Crippen molar-refractivity contribution >= 4 is 55.8 Å². The lowest BCUT2D eigenvalue weighted by Crippen LogP contribution is -2.05. The van der Waals surface area contributed by atoms with Gasteiger partial charge in [0.2, 0.25) is 0 Å². The Morgan fingerprint density at radius 3 is 2.85 bits per heavy atom. The van der Waals surface area contributed by atoms with Crippen LogP contribution >= 0.6 is 34.7 Å². The number of rotatable bonds is 7. The number of aliphatic hydroxyl groups is 2. The summed E-state index contributed by atoms with van der Waals surface area (Å²) in [6, 6.07) is 14.1. The first-order valence-corrected chi connectivity index (χ1v) is 11.0. The van der Waals surface area contributed by atoms with E-state index in [9.17, 15) is 0 Å². The summed E-state index contributed by atoms with van der Waals surface area (Å²) in [6.45, 7) is 0.704. The van der Waals surface area contributed by atoms with E-state index in [2.05, 4.69) is 22.1 Å². The van der Waals surface area contributed by atoms with Gasteiger partial charge in [0, 0.05) is 20.9 Å². The fourth-order valence-corrected chi connectivity index (χ4v) is 5.44. The van der Waals surface area contributed by atoms with Gasteiger partial charge in [-0.05, 0) is 48.1 Å². The first-order valence-electron chi connectivity index (χ1n) is 8.72. The third-order valence-electron chi connectivity index (χ3n) is 4.41. The summed E-state index contributed by atoms with van der Waals surface area (Å²) in [6.07, 6.45) is -0.153. The van der Waals surface area contributed by atoms with Gasteiger partial charge in [0.25, 0.3) is 0 Å². The molecule has 2 aromatic carbocycles. The molecule has 2 N–H and O–H groups in total. The van der Waals surface area contributed by atoms with E-state index >= 15 is 0 Å². The monoisotopic (exact) mass is 418 g/mol. The summed E-state index contributed by atoms with van der Waals surface area (Å²) in [5.74, 6) is 0.784. The second-order valence-corrected chi connectivity index (χ2v) is 8.69. The number of aromatic nitrogens is 2. The van der Waals surface area contributed by atoms with Crippen molar-refractivity contribution in [1.82, 2.24) is 9.55 Å². The highest BCUT2D eigenvalue weighted by Gasteiger charge is 2.15. The number of fused-ring (bicyclic) bond motifs is 2. The fraction of sp³-hybridized carbons (Fsp3) is 0.250. The van der Waals surface area contributed by atoms with Gasteiger partial charge < -0.3 is 14.8 Å². The predicted molar refractivity (Wildman–Crippen MR) is 114 cm³/mol. The minimum absolute atomic E-state index is 0.373. The predicted octanol–water partition coefficient (Wildman–Crippen LogP) is 5.14. The SMILES string of the molecule is OC(O)CCCSc1nc2ccccc2n1Cc1csc2cccc(Cl)c12. The topological polar surface area (TPSA) is 58.3 Å². The molecule has 0 amide bonds. The van der Waals surface area contributed by atoms with Gasteiger partial charge in [-0.15, -0.1) is 11.3 Å². The number of thiophene rings is 1. The molecule has 0 aliphatic heterocycles. The van der Waals surface area contributed by atoms with Gasteiger partial charge in [-0.3, -0.25) is 0 Å². The number of imidazole rings is 1. The first-order chi connectivity index (χ1) is 13.1. The van der Waals surface area contributed by atoms with E-state index in [-0.39, 0.29) is 0 Å². The number of thioether (sulfide) groups is 1. The lowest BCUT2D eigenvalue weighted by Gasteiger charge is -2.09. The Balaban J connectivity index is 1.68. The molecule has 4 aromatic rings. The molecule has 7 heteroatoms. The van der Waals surface area contributed by atoms with Gasteiger partial charge in [0.15, 0.2) is 11.4 Å². The van der Waals surface area contributed by atoms with Gasteiger partial charge in [0.1, 0.15) is 0 Å². The van der Waals surface area contributed by atoms with Crippen molar-refractivity contribution in [2.45, 2.75) is 30.8 Å². The van der Waals surface area contributed by atoms with Crippen LogP contribution in [-0.2, 0) is 6.54 Å². The summed E-state index contributed by atoms with van der Waals surface area (Å²) in [5.41, 5.74) is 3.25. The molecule has 2 aromatic heterocycles. The normalized spacial score (nSPS) is 11.9. The van der Waals surface area contributed by atoms with Crippen LogP contribution in [0.2, 0.25) is 5.02 Å². The summed E-state index contributed by atoms with van der Waals surface area (Å²) in [7, 11) is 0. The van der Waals surface area contributed by atoms with Crippen molar-refractivity contribution in [2.75, 3.05) is 5.75 Å². The van der Waals surface area contributed by atoms with Crippen molar-refractivity contribution in [3.8, 4) is 0 Å². The first kappa shape index (κ1) is 18.8. The molecule has 27 heavy (non-hydrogen) atoms. The van der Waals surface area contributed by atoms with Crippen LogP contribution in [0.5, 0.6) is 0 Å².